The lowest BCUT2D eigenvalue weighted by atomic mass is 10.1. The standard InChI is InChI=1S/C19H24N4O4/c1-23(2)8-7-21-18(24)13-9-14(12-20-11-13)19(25)22-16-6-5-15(26-3)10-17(16)27-4/h5-6,9-12H,7-8H2,1-4H3,(H,21,24)(H,22,25). The first-order valence-corrected chi connectivity index (χ1v) is 8.36. The minimum absolute atomic E-state index is 0.271. The molecule has 8 heteroatoms. The predicted octanol–water partition coefficient (Wildman–Crippen LogP) is 1.64. The van der Waals surface area contributed by atoms with E-state index < -0.39 is 5.91 Å². The van der Waals surface area contributed by atoms with E-state index in [0.717, 1.165) is 6.54 Å². The molecule has 0 aliphatic heterocycles. The maximum atomic E-state index is 12.5. The number of anilines is 1. The number of carbonyl (C=O) groups is 2. The van der Waals surface area contributed by atoms with Gasteiger partial charge in [-0.25, -0.2) is 0 Å². The molecule has 0 unspecified atom stereocenters. The Balaban J connectivity index is 2.10. The summed E-state index contributed by atoms with van der Waals surface area (Å²) in [6.45, 7) is 1.22. The third-order valence-electron chi connectivity index (χ3n) is 3.76. The molecular weight excluding hydrogens is 348 g/mol. The van der Waals surface area contributed by atoms with Crippen LogP contribution in [-0.2, 0) is 0 Å². The lowest BCUT2D eigenvalue weighted by molar-refractivity contribution is 0.0950. The van der Waals surface area contributed by atoms with E-state index in [1.165, 1.54) is 25.6 Å². The first kappa shape index (κ1) is 20.2. The summed E-state index contributed by atoms with van der Waals surface area (Å²) in [5.74, 6) is 0.408. The Labute approximate surface area is 158 Å². The van der Waals surface area contributed by atoms with Crippen LogP contribution in [0.5, 0.6) is 11.5 Å². The van der Waals surface area contributed by atoms with Crippen LogP contribution in [0.2, 0.25) is 0 Å². The second-order valence-corrected chi connectivity index (χ2v) is 6.04. The van der Waals surface area contributed by atoms with Crippen molar-refractivity contribution in [2.45, 2.75) is 0 Å². The molecule has 8 nitrogen and oxygen atoms in total. The molecule has 0 atom stereocenters. The maximum absolute atomic E-state index is 12.5. The quantitative estimate of drug-likeness (QED) is 0.732. The molecule has 27 heavy (non-hydrogen) atoms. The van der Waals surface area contributed by atoms with Gasteiger partial charge in [-0.1, -0.05) is 0 Å². The summed E-state index contributed by atoms with van der Waals surface area (Å²) in [6, 6.07) is 6.57. The first-order valence-electron chi connectivity index (χ1n) is 8.36. The van der Waals surface area contributed by atoms with Gasteiger partial charge in [-0.3, -0.25) is 14.6 Å². The average Bonchev–Trinajstić information content (AvgIpc) is 2.67. The summed E-state index contributed by atoms with van der Waals surface area (Å²) in [7, 11) is 6.90. The molecular formula is C19H24N4O4. The van der Waals surface area contributed by atoms with E-state index in [1.807, 2.05) is 19.0 Å². The summed E-state index contributed by atoms with van der Waals surface area (Å²) in [4.78, 5) is 30.7. The highest BCUT2D eigenvalue weighted by molar-refractivity contribution is 6.06. The van der Waals surface area contributed by atoms with Crippen molar-refractivity contribution in [2.24, 2.45) is 0 Å². The summed E-state index contributed by atoms with van der Waals surface area (Å²) >= 11 is 0. The molecule has 0 spiro atoms. The fourth-order valence-corrected chi connectivity index (χ4v) is 2.28. The second kappa shape index (κ2) is 9.54. The molecule has 144 valence electrons. The number of aromatic nitrogens is 1. The summed E-state index contributed by atoms with van der Waals surface area (Å²) in [5, 5.41) is 5.55. The van der Waals surface area contributed by atoms with Crippen LogP contribution in [0.25, 0.3) is 0 Å². The van der Waals surface area contributed by atoms with Gasteiger partial charge < -0.3 is 25.0 Å². The third kappa shape index (κ3) is 5.68. The molecule has 0 aliphatic carbocycles. The monoisotopic (exact) mass is 372 g/mol. The number of ether oxygens (including phenoxy) is 2. The Morgan fingerprint density at radius 1 is 1.04 bits per heavy atom. The summed E-state index contributed by atoms with van der Waals surface area (Å²) < 4.78 is 10.4. The number of nitrogens with zero attached hydrogens (tertiary/aromatic N) is 2. The molecule has 0 saturated heterocycles. The zero-order valence-electron chi connectivity index (χ0n) is 15.9. The van der Waals surface area contributed by atoms with Crippen molar-refractivity contribution in [3.63, 3.8) is 0 Å². The molecule has 2 rings (SSSR count). The van der Waals surface area contributed by atoms with Crippen LogP contribution in [0, 0.1) is 0 Å². The molecule has 0 fully saturated rings. The fraction of sp³-hybridized carbons (Fsp3) is 0.316. The van der Waals surface area contributed by atoms with Crippen molar-refractivity contribution < 1.29 is 19.1 Å². The van der Waals surface area contributed by atoms with Gasteiger partial charge in [0, 0.05) is 31.5 Å². The van der Waals surface area contributed by atoms with Gasteiger partial charge in [0.2, 0.25) is 0 Å². The van der Waals surface area contributed by atoms with Crippen molar-refractivity contribution in [1.29, 1.82) is 0 Å². The molecule has 1 heterocycles. The number of carbonyl (C=O) groups excluding carboxylic acids is 2. The van der Waals surface area contributed by atoms with Gasteiger partial charge in [0.25, 0.3) is 11.8 Å². The number of rotatable bonds is 8. The maximum Gasteiger partial charge on any atom is 0.257 e. The number of nitrogens with one attached hydrogen (secondary N) is 2. The number of hydrogen-bond acceptors (Lipinski definition) is 6. The van der Waals surface area contributed by atoms with E-state index in [0.29, 0.717) is 29.3 Å². The van der Waals surface area contributed by atoms with Crippen LogP contribution in [-0.4, -0.2) is 63.1 Å². The van der Waals surface area contributed by atoms with Crippen molar-refractivity contribution in [3.8, 4) is 11.5 Å². The molecule has 1 aromatic heterocycles. The number of benzene rings is 1. The van der Waals surface area contributed by atoms with Gasteiger partial charge in [-0.15, -0.1) is 0 Å². The number of methoxy groups -OCH3 is 2. The molecule has 0 bridgehead atoms. The van der Waals surface area contributed by atoms with E-state index >= 15 is 0 Å². The van der Waals surface area contributed by atoms with E-state index in [1.54, 1.807) is 25.3 Å². The van der Waals surface area contributed by atoms with Gasteiger partial charge in [0.1, 0.15) is 11.5 Å². The van der Waals surface area contributed by atoms with Gasteiger partial charge in [0.05, 0.1) is 31.0 Å². The zero-order valence-corrected chi connectivity index (χ0v) is 15.9. The van der Waals surface area contributed by atoms with Crippen LogP contribution in [0.3, 0.4) is 0 Å². The first-order chi connectivity index (χ1) is 12.9. The highest BCUT2D eigenvalue weighted by Crippen LogP contribution is 2.29. The average molecular weight is 372 g/mol. The van der Waals surface area contributed by atoms with Crippen molar-refractivity contribution in [1.82, 2.24) is 15.2 Å². The molecule has 0 aliphatic rings. The zero-order chi connectivity index (χ0) is 19.8. The summed E-state index contributed by atoms with van der Waals surface area (Å²) in [5.41, 5.74) is 1.08. The Hall–Kier alpha value is -3.13. The van der Waals surface area contributed by atoms with E-state index in [4.69, 9.17) is 9.47 Å². The molecule has 2 amide bonds. The Morgan fingerprint density at radius 2 is 1.74 bits per heavy atom. The SMILES string of the molecule is COc1ccc(NC(=O)c2cncc(C(=O)NCCN(C)C)c2)c(OC)c1. The van der Waals surface area contributed by atoms with E-state index in [9.17, 15) is 9.59 Å². The van der Waals surface area contributed by atoms with Gasteiger partial charge in [0.15, 0.2) is 0 Å². The lowest BCUT2D eigenvalue weighted by Gasteiger charge is -2.12. The Bertz CT molecular complexity index is 808. The van der Waals surface area contributed by atoms with E-state index in [-0.39, 0.29) is 11.5 Å². The number of likely N-dealkylation sites (N-methyl/N-ethyl adjacent to an activating group) is 1. The summed E-state index contributed by atoms with van der Waals surface area (Å²) in [6.07, 6.45) is 2.83. The van der Waals surface area contributed by atoms with E-state index in [2.05, 4.69) is 15.6 Å². The normalized spacial score (nSPS) is 10.4. The highest BCUT2D eigenvalue weighted by Gasteiger charge is 2.14. The molecule has 0 saturated carbocycles. The smallest absolute Gasteiger partial charge is 0.257 e. The van der Waals surface area contributed by atoms with Crippen molar-refractivity contribution in [3.05, 3.63) is 47.8 Å². The van der Waals surface area contributed by atoms with Crippen LogP contribution in [0.4, 0.5) is 5.69 Å². The van der Waals surface area contributed by atoms with Gasteiger partial charge in [-0.05, 0) is 32.3 Å². The number of pyridine rings is 1. The molecule has 2 N–H and O–H groups in total. The van der Waals surface area contributed by atoms with Gasteiger partial charge >= 0.3 is 0 Å². The fourth-order valence-electron chi connectivity index (χ4n) is 2.28. The second-order valence-electron chi connectivity index (χ2n) is 6.04. The minimum atomic E-state index is -0.395. The Morgan fingerprint density at radius 3 is 2.37 bits per heavy atom. The minimum Gasteiger partial charge on any atom is -0.497 e. The number of amides is 2. The van der Waals surface area contributed by atoms with Crippen LogP contribution >= 0.6 is 0 Å². The topological polar surface area (TPSA) is 92.8 Å². The van der Waals surface area contributed by atoms with Crippen LogP contribution < -0.4 is 20.1 Å². The van der Waals surface area contributed by atoms with Crippen molar-refractivity contribution in [2.75, 3.05) is 46.7 Å². The molecule has 1 aromatic carbocycles. The Kier molecular flexibility index (Phi) is 7.13. The molecule has 0 radical (unpaired) electrons. The lowest BCUT2D eigenvalue weighted by Crippen LogP contribution is -2.31. The highest BCUT2D eigenvalue weighted by atomic mass is 16.5. The number of hydrogen-bond donors (Lipinski definition) is 2. The van der Waals surface area contributed by atoms with Crippen LogP contribution in [0.15, 0.2) is 36.7 Å². The van der Waals surface area contributed by atoms with Crippen molar-refractivity contribution >= 4 is 17.5 Å². The van der Waals surface area contributed by atoms with Gasteiger partial charge in [-0.2, -0.15) is 0 Å². The molecule has 2 aromatic rings. The largest absolute Gasteiger partial charge is 0.497 e. The predicted molar refractivity (Wildman–Crippen MR) is 103 cm³/mol. The third-order valence-corrected chi connectivity index (χ3v) is 3.76. The van der Waals surface area contributed by atoms with Crippen LogP contribution in [0.1, 0.15) is 20.7 Å².